The zero-order valence-corrected chi connectivity index (χ0v) is 13.2. The van der Waals surface area contributed by atoms with Crippen LogP contribution in [0.5, 0.6) is 0 Å². The van der Waals surface area contributed by atoms with E-state index in [0.717, 1.165) is 11.1 Å². The van der Waals surface area contributed by atoms with Crippen LogP contribution in [0, 0.1) is 12.7 Å². The van der Waals surface area contributed by atoms with Gasteiger partial charge in [0.25, 0.3) is 0 Å². The topological polar surface area (TPSA) is 46.2 Å². The Bertz CT molecular complexity index is 594. The maximum Gasteiger partial charge on any atom is 0.225 e. The number of carbonyl (C=O) groups excluding carboxylic acids is 1. The lowest BCUT2D eigenvalue weighted by Gasteiger charge is -2.06. The van der Waals surface area contributed by atoms with Crippen LogP contribution >= 0.6 is 0 Å². The number of halogens is 1. The Balaban J connectivity index is 1.76. The standard InChI is InChI=1S/C17H18FNO2S/c1-13-2-4-14(5-3-13)12-22(21)11-10-17(20)19-16-8-6-15(18)7-9-16/h2-9H,10-12H2,1H3,(H,19,20)/t22-/m0/s1. The van der Waals surface area contributed by atoms with Crippen LogP contribution in [0.25, 0.3) is 0 Å². The molecule has 2 aromatic carbocycles. The van der Waals surface area contributed by atoms with Gasteiger partial charge in [0.1, 0.15) is 5.82 Å². The van der Waals surface area contributed by atoms with Gasteiger partial charge in [0.2, 0.25) is 5.91 Å². The smallest absolute Gasteiger partial charge is 0.225 e. The van der Waals surface area contributed by atoms with Gasteiger partial charge in [0, 0.05) is 34.4 Å². The number of aryl methyl sites for hydroxylation is 1. The molecule has 0 saturated carbocycles. The van der Waals surface area contributed by atoms with Crippen molar-refractivity contribution in [1.29, 1.82) is 0 Å². The molecule has 0 fully saturated rings. The van der Waals surface area contributed by atoms with Crippen LogP contribution in [-0.4, -0.2) is 15.9 Å². The Morgan fingerprint density at radius 1 is 1.09 bits per heavy atom. The molecule has 3 nitrogen and oxygen atoms in total. The number of benzene rings is 2. The third-order valence-corrected chi connectivity index (χ3v) is 4.45. The van der Waals surface area contributed by atoms with Crippen LogP contribution in [0.1, 0.15) is 17.5 Å². The molecule has 0 heterocycles. The van der Waals surface area contributed by atoms with Gasteiger partial charge >= 0.3 is 0 Å². The van der Waals surface area contributed by atoms with Crippen molar-refractivity contribution in [2.24, 2.45) is 0 Å². The van der Waals surface area contributed by atoms with Crippen LogP contribution < -0.4 is 5.32 Å². The summed E-state index contributed by atoms with van der Waals surface area (Å²) in [6.07, 6.45) is 0.176. The summed E-state index contributed by atoms with van der Waals surface area (Å²) >= 11 is 0. The summed E-state index contributed by atoms with van der Waals surface area (Å²) in [6, 6.07) is 13.4. The van der Waals surface area contributed by atoms with Gasteiger partial charge in [-0.05, 0) is 36.8 Å². The predicted molar refractivity (Wildman–Crippen MR) is 87.5 cm³/mol. The lowest BCUT2D eigenvalue weighted by molar-refractivity contribution is -0.115. The number of nitrogens with one attached hydrogen (secondary N) is 1. The molecule has 0 aromatic heterocycles. The molecule has 116 valence electrons. The van der Waals surface area contributed by atoms with Crippen LogP contribution in [0.15, 0.2) is 48.5 Å². The van der Waals surface area contributed by atoms with Crippen LogP contribution in [0.3, 0.4) is 0 Å². The Labute approximate surface area is 132 Å². The fraction of sp³-hybridized carbons (Fsp3) is 0.235. The van der Waals surface area contributed by atoms with Gasteiger partial charge in [-0.3, -0.25) is 9.00 Å². The molecule has 0 bridgehead atoms. The summed E-state index contributed by atoms with van der Waals surface area (Å²) in [5, 5.41) is 2.66. The minimum Gasteiger partial charge on any atom is -0.326 e. The van der Waals surface area contributed by atoms with E-state index in [1.54, 1.807) is 0 Å². The average molecular weight is 319 g/mol. The van der Waals surface area contributed by atoms with Crippen molar-refractivity contribution in [3.05, 3.63) is 65.5 Å². The first-order valence-corrected chi connectivity index (χ1v) is 8.47. The second kappa shape index (κ2) is 7.84. The molecule has 0 unspecified atom stereocenters. The molecule has 22 heavy (non-hydrogen) atoms. The quantitative estimate of drug-likeness (QED) is 0.887. The summed E-state index contributed by atoms with van der Waals surface area (Å²) in [5.74, 6) is 0.187. The molecule has 2 aromatic rings. The van der Waals surface area contributed by atoms with Crippen LogP contribution in [0.2, 0.25) is 0 Å². The molecule has 0 aliphatic carbocycles. The second-order valence-electron chi connectivity index (χ2n) is 5.08. The fourth-order valence-corrected chi connectivity index (χ4v) is 3.03. The third kappa shape index (κ3) is 5.41. The molecule has 0 aliphatic heterocycles. The maximum absolute atomic E-state index is 12.8. The molecule has 0 spiro atoms. The van der Waals surface area contributed by atoms with Gasteiger partial charge in [-0.1, -0.05) is 29.8 Å². The number of hydrogen-bond acceptors (Lipinski definition) is 2. The Hall–Kier alpha value is -2.01. The van der Waals surface area contributed by atoms with E-state index in [9.17, 15) is 13.4 Å². The van der Waals surface area contributed by atoms with Gasteiger partial charge in [-0.2, -0.15) is 0 Å². The molecule has 5 heteroatoms. The number of anilines is 1. The molecule has 0 aliphatic rings. The molecule has 0 saturated heterocycles. The van der Waals surface area contributed by atoms with Crippen molar-refractivity contribution >= 4 is 22.4 Å². The van der Waals surface area contributed by atoms with Crippen LogP contribution in [-0.2, 0) is 21.3 Å². The monoisotopic (exact) mass is 319 g/mol. The molecular formula is C17H18FNO2S. The largest absolute Gasteiger partial charge is 0.326 e. The van der Waals surface area contributed by atoms with Gasteiger partial charge in [-0.15, -0.1) is 0 Å². The van der Waals surface area contributed by atoms with Crippen molar-refractivity contribution in [2.45, 2.75) is 19.1 Å². The van der Waals surface area contributed by atoms with E-state index in [1.807, 2.05) is 31.2 Å². The molecular weight excluding hydrogens is 301 g/mol. The molecule has 0 radical (unpaired) electrons. The third-order valence-electron chi connectivity index (χ3n) is 3.13. The lowest BCUT2D eigenvalue weighted by Crippen LogP contribution is -2.15. The second-order valence-corrected chi connectivity index (χ2v) is 6.66. The summed E-state index contributed by atoms with van der Waals surface area (Å²) in [6.45, 7) is 2.00. The number of amides is 1. The van der Waals surface area contributed by atoms with Crippen molar-refractivity contribution in [3.63, 3.8) is 0 Å². The maximum atomic E-state index is 12.8. The molecule has 2 rings (SSSR count). The van der Waals surface area contributed by atoms with Crippen molar-refractivity contribution in [2.75, 3.05) is 11.1 Å². The minimum absolute atomic E-state index is 0.176. The zero-order chi connectivity index (χ0) is 15.9. The predicted octanol–water partition coefficient (Wildman–Crippen LogP) is 3.41. The fourth-order valence-electron chi connectivity index (χ4n) is 1.91. The van der Waals surface area contributed by atoms with E-state index in [-0.39, 0.29) is 18.1 Å². The van der Waals surface area contributed by atoms with Crippen molar-refractivity contribution in [1.82, 2.24) is 0 Å². The molecule has 1 N–H and O–H groups in total. The first-order chi connectivity index (χ1) is 10.5. The molecule has 1 atom stereocenters. The van der Waals surface area contributed by atoms with E-state index in [0.29, 0.717) is 17.2 Å². The Morgan fingerprint density at radius 3 is 2.36 bits per heavy atom. The first-order valence-electron chi connectivity index (χ1n) is 6.99. The zero-order valence-electron chi connectivity index (χ0n) is 12.3. The Kier molecular flexibility index (Phi) is 5.83. The minimum atomic E-state index is -1.08. The van der Waals surface area contributed by atoms with E-state index < -0.39 is 10.8 Å². The van der Waals surface area contributed by atoms with E-state index in [2.05, 4.69) is 5.32 Å². The van der Waals surface area contributed by atoms with Gasteiger partial charge in [-0.25, -0.2) is 4.39 Å². The van der Waals surface area contributed by atoms with Crippen LogP contribution in [0.4, 0.5) is 10.1 Å². The van der Waals surface area contributed by atoms with Crippen molar-refractivity contribution in [3.8, 4) is 0 Å². The van der Waals surface area contributed by atoms with Gasteiger partial charge < -0.3 is 5.32 Å². The number of rotatable bonds is 6. The summed E-state index contributed by atoms with van der Waals surface area (Å²) in [7, 11) is -1.08. The SMILES string of the molecule is Cc1ccc(C[S@@](=O)CCC(=O)Nc2ccc(F)cc2)cc1. The first kappa shape index (κ1) is 16.4. The lowest BCUT2D eigenvalue weighted by atomic mass is 10.2. The number of carbonyl (C=O) groups is 1. The van der Waals surface area contributed by atoms with E-state index in [1.165, 1.54) is 24.3 Å². The highest BCUT2D eigenvalue weighted by Crippen LogP contribution is 2.10. The average Bonchev–Trinajstić information content (AvgIpc) is 2.50. The van der Waals surface area contributed by atoms with Gasteiger partial charge in [0.05, 0.1) is 0 Å². The van der Waals surface area contributed by atoms with Gasteiger partial charge in [0.15, 0.2) is 0 Å². The summed E-state index contributed by atoms with van der Waals surface area (Å²) < 4.78 is 24.7. The highest BCUT2D eigenvalue weighted by molar-refractivity contribution is 7.84. The van der Waals surface area contributed by atoms with Crippen molar-refractivity contribution < 1.29 is 13.4 Å². The Morgan fingerprint density at radius 2 is 1.73 bits per heavy atom. The summed E-state index contributed by atoms with van der Waals surface area (Å²) in [5.41, 5.74) is 2.70. The van der Waals surface area contributed by atoms with E-state index >= 15 is 0 Å². The normalized spacial score (nSPS) is 11.9. The van der Waals surface area contributed by atoms with E-state index in [4.69, 9.17) is 0 Å². The highest BCUT2D eigenvalue weighted by Gasteiger charge is 2.07. The molecule has 1 amide bonds. The summed E-state index contributed by atoms with van der Waals surface area (Å²) in [4.78, 5) is 11.8. The highest BCUT2D eigenvalue weighted by atomic mass is 32.2. The number of hydrogen-bond donors (Lipinski definition) is 1.